The van der Waals surface area contributed by atoms with Crippen LogP contribution in [0.3, 0.4) is 0 Å². The van der Waals surface area contributed by atoms with Gasteiger partial charge in [-0.15, -0.1) is 6.42 Å². The molecule has 2 N–H and O–H groups in total. The zero-order valence-corrected chi connectivity index (χ0v) is 19.5. The van der Waals surface area contributed by atoms with Gasteiger partial charge < -0.3 is 19.8 Å². The average Bonchev–Trinajstić information content (AvgIpc) is 3.18. The molecule has 0 spiro atoms. The van der Waals surface area contributed by atoms with Gasteiger partial charge >= 0.3 is 6.01 Å². The second-order valence-electron chi connectivity index (χ2n) is 8.22. The monoisotopic (exact) mass is 479 g/mol. The number of nitrogens with zero attached hydrogens (tertiary/aromatic N) is 6. The third kappa shape index (κ3) is 2.93. The van der Waals surface area contributed by atoms with Gasteiger partial charge in [-0.2, -0.15) is 0 Å². The number of hydrogen-bond donors (Lipinski definition) is 1. The van der Waals surface area contributed by atoms with Crippen LogP contribution in [0.2, 0.25) is 0 Å². The summed E-state index contributed by atoms with van der Waals surface area (Å²) < 4.78 is 28.9. The summed E-state index contributed by atoms with van der Waals surface area (Å²) in [7, 11) is 3.37. The van der Waals surface area contributed by atoms with Gasteiger partial charge in [0.15, 0.2) is 23.0 Å². The first kappa shape index (κ1) is 21.5. The Morgan fingerprint density at radius 1 is 1.06 bits per heavy atom. The van der Waals surface area contributed by atoms with Gasteiger partial charge in [0, 0.05) is 41.3 Å². The van der Waals surface area contributed by atoms with Crippen molar-refractivity contribution in [3.05, 3.63) is 54.1 Å². The van der Waals surface area contributed by atoms with E-state index in [0.29, 0.717) is 49.7 Å². The van der Waals surface area contributed by atoms with Crippen LogP contribution in [0.25, 0.3) is 43.5 Å². The van der Waals surface area contributed by atoms with E-state index in [1.165, 1.54) is 19.5 Å². The fourth-order valence-electron chi connectivity index (χ4n) is 4.71. The van der Waals surface area contributed by atoms with Gasteiger partial charge in [0.05, 0.1) is 18.0 Å². The van der Waals surface area contributed by atoms with Crippen molar-refractivity contribution in [3.63, 3.8) is 0 Å². The minimum Gasteiger partial charge on any atom is -0.493 e. The summed E-state index contributed by atoms with van der Waals surface area (Å²) in [6.45, 7) is 1.79. The quantitative estimate of drug-likeness (QED) is 0.293. The van der Waals surface area contributed by atoms with E-state index in [9.17, 15) is 0 Å². The summed E-state index contributed by atoms with van der Waals surface area (Å²) in [5.41, 5.74) is 8.63. The molecule has 0 fully saturated rings. The number of rotatable bonds is 3. The number of pyridine rings is 1. The normalized spacial score (nSPS) is 11.4. The van der Waals surface area contributed by atoms with E-state index in [1.54, 1.807) is 31.5 Å². The van der Waals surface area contributed by atoms with E-state index in [0.717, 1.165) is 10.9 Å². The van der Waals surface area contributed by atoms with E-state index >= 15 is 4.39 Å². The maximum Gasteiger partial charge on any atom is 0.322 e. The molecule has 4 aromatic heterocycles. The number of aromatic nitrogens is 6. The molecule has 0 aliphatic heterocycles. The highest BCUT2D eigenvalue weighted by Crippen LogP contribution is 2.46. The highest BCUT2D eigenvalue weighted by atomic mass is 19.1. The molecule has 0 atom stereocenters. The third-order valence-corrected chi connectivity index (χ3v) is 6.21. The molecule has 176 valence electrons. The molecule has 0 radical (unpaired) electrons. The molecule has 10 heteroatoms. The summed E-state index contributed by atoms with van der Waals surface area (Å²) in [5, 5.41) is 3.84. The molecule has 0 unspecified atom stereocenters. The molecule has 0 saturated carbocycles. The number of halogens is 1. The maximum atomic E-state index is 15.5. The van der Waals surface area contributed by atoms with E-state index < -0.39 is 5.82 Å². The molecule has 0 aliphatic carbocycles. The van der Waals surface area contributed by atoms with E-state index in [-0.39, 0.29) is 17.6 Å². The lowest BCUT2D eigenvalue weighted by Crippen LogP contribution is -1.98. The lowest BCUT2D eigenvalue weighted by atomic mass is 9.96. The highest BCUT2D eigenvalue weighted by Gasteiger charge is 2.24. The lowest BCUT2D eigenvalue weighted by Gasteiger charge is -2.15. The Kier molecular flexibility index (Phi) is 4.62. The summed E-state index contributed by atoms with van der Waals surface area (Å²) in [6.07, 6.45) is 10.3. The Morgan fingerprint density at radius 2 is 1.86 bits per heavy atom. The summed E-state index contributed by atoms with van der Waals surface area (Å²) in [4.78, 5) is 21.3. The van der Waals surface area contributed by atoms with Gasteiger partial charge in [0.1, 0.15) is 17.8 Å². The number of methoxy groups -OCH3 is 1. The zero-order chi connectivity index (χ0) is 25.1. The molecular weight excluding hydrogens is 461 g/mol. The van der Waals surface area contributed by atoms with Crippen molar-refractivity contribution in [2.45, 2.75) is 6.92 Å². The smallest absolute Gasteiger partial charge is 0.322 e. The Labute approximate surface area is 203 Å². The van der Waals surface area contributed by atoms with Crippen molar-refractivity contribution in [1.82, 2.24) is 29.5 Å². The Bertz CT molecular complexity index is 1920. The third-order valence-electron chi connectivity index (χ3n) is 6.21. The van der Waals surface area contributed by atoms with Gasteiger partial charge in [0.25, 0.3) is 0 Å². The number of benzene rings is 2. The highest BCUT2D eigenvalue weighted by molar-refractivity contribution is 6.33. The van der Waals surface area contributed by atoms with Crippen LogP contribution in [0.5, 0.6) is 17.5 Å². The van der Waals surface area contributed by atoms with E-state index in [2.05, 4.69) is 30.8 Å². The van der Waals surface area contributed by atoms with Gasteiger partial charge in [-0.3, -0.25) is 0 Å². The molecule has 0 bridgehead atoms. The van der Waals surface area contributed by atoms with Gasteiger partial charge in [-0.05, 0) is 41.8 Å². The second-order valence-corrected chi connectivity index (χ2v) is 8.22. The van der Waals surface area contributed by atoms with Crippen LogP contribution in [-0.2, 0) is 7.05 Å². The van der Waals surface area contributed by atoms with Crippen LogP contribution in [-0.4, -0.2) is 36.6 Å². The van der Waals surface area contributed by atoms with Gasteiger partial charge in [0.2, 0.25) is 0 Å². The predicted molar refractivity (Wildman–Crippen MR) is 135 cm³/mol. The average molecular weight is 479 g/mol. The van der Waals surface area contributed by atoms with Crippen LogP contribution in [0.4, 0.5) is 10.2 Å². The lowest BCUT2D eigenvalue weighted by molar-refractivity contribution is 0.411. The molecule has 0 aliphatic rings. The number of ether oxygens (including phenoxy) is 2. The maximum absolute atomic E-state index is 15.5. The Morgan fingerprint density at radius 3 is 2.61 bits per heavy atom. The number of fused-ring (bicyclic) bond motifs is 8. The first-order chi connectivity index (χ1) is 17.4. The number of terminal acetylenes is 1. The van der Waals surface area contributed by atoms with E-state index in [1.807, 2.05) is 11.6 Å². The molecule has 2 aromatic carbocycles. The van der Waals surface area contributed by atoms with Crippen molar-refractivity contribution in [1.29, 1.82) is 0 Å². The van der Waals surface area contributed by atoms with Gasteiger partial charge in [-0.25, -0.2) is 29.3 Å². The second kappa shape index (κ2) is 7.74. The minimum atomic E-state index is -0.606. The fourth-order valence-corrected chi connectivity index (χ4v) is 4.71. The van der Waals surface area contributed by atoms with Crippen LogP contribution < -0.4 is 15.2 Å². The Hall–Kier alpha value is -5.04. The predicted octanol–water partition coefficient (Wildman–Crippen LogP) is 4.42. The largest absolute Gasteiger partial charge is 0.493 e. The molecule has 0 saturated heterocycles. The molecular formula is C26H18FN7O2. The first-order valence-corrected chi connectivity index (χ1v) is 10.9. The minimum absolute atomic E-state index is 0.0272. The molecule has 6 rings (SSSR count). The number of nitrogens with two attached hydrogens (primary N) is 1. The van der Waals surface area contributed by atoms with Crippen molar-refractivity contribution in [2.75, 3.05) is 12.8 Å². The molecule has 9 nitrogen and oxygen atoms in total. The van der Waals surface area contributed by atoms with Crippen LogP contribution in [0.1, 0.15) is 11.4 Å². The SMILES string of the molecule is C#Cc1ncc2c(c1OC)c1cc(Oc3nccc(C)n3)c(F)cc1c1c3c(N)ncnc3n(C)c21. The first-order valence-electron chi connectivity index (χ1n) is 10.9. The Balaban J connectivity index is 1.84. The fraction of sp³-hybridized carbons (Fsp3) is 0.115. The number of aryl methyl sites for hydroxylation is 2. The number of hydrogen-bond acceptors (Lipinski definition) is 8. The molecule has 36 heavy (non-hydrogen) atoms. The molecule has 4 heterocycles. The summed E-state index contributed by atoms with van der Waals surface area (Å²) in [6, 6.07) is 4.72. The van der Waals surface area contributed by atoms with Crippen LogP contribution in [0.15, 0.2) is 36.9 Å². The van der Waals surface area contributed by atoms with Gasteiger partial charge in [-0.1, -0.05) is 0 Å². The standard InChI is InChI=1S/C26H18FN7O2/c1-5-17-23(35-4)19-14-9-18(36-26-29-7-6-12(2)33-26)16(27)8-13(14)20-21-24(28)31-11-32-25(21)34(3)22(20)15(19)10-30-17/h1,6-11H,2-4H3,(H2,28,31,32). The van der Waals surface area contributed by atoms with Crippen molar-refractivity contribution in [2.24, 2.45) is 7.05 Å². The topological polar surface area (TPSA) is 114 Å². The van der Waals surface area contributed by atoms with Crippen molar-refractivity contribution >= 4 is 49.3 Å². The number of anilines is 1. The van der Waals surface area contributed by atoms with E-state index in [4.69, 9.17) is 21.6 Å². The summed E-state index contributed by atoms with van der Waals surface area (Å²) >= 11 is 0. The van der Waals surface area contributed by atoms with Crippen LogP contribution in [0, 0.1) is 25.1 Å². The molecule has 6 aromatic rings. The molecule has 0 amide bonds. The summed E-state index contributed by atoms with van der Waals surface area (Å²) in [5.74, 6) is 2.56. The number of nitrogen functional groups attached to an aromatic ring is 1. The van der Waals surface area contributed by atoms with Crippen LogP contribution >= 0.6 is 0 Å². The van der Waals surface area contributed by atoms with Crippen molar-refractivity contribution < 1.29 is 13.9 Å². The zero-order valence-electron chi connectivity index (χ0n) is 19.5. The van der Waals surface area contributed by atoms with Crippen molar-refractivity contribution in [3.8, 4) is 29.9 Å².